The van der Waals surface area contributed by atoms with Crippen molar-refractivity contribution in [1.29, 1.82) is 0 Å². The Balaban J connectivity index is 2.87. The summed E-state index contributed by atoms with van der Waals surface area (Å²) in [6.45, 7) is 5.24. The average molecular weight is 254 g/mol. The van der Waals surface area contributed by atoms with Gasteiger partial charge in [-0.2, -0.15) is 0 Å². The number of hydrogen-bond acceptors (Lipinski definition) is 3. The summed E-state index contributed by atoms with van der Waals surface area (Å²) in [6.07, 6.45) is 0.507. The highest BCUT2D eigenvalue weighted by atomic mass is 16.4. The van der Waals surface area contributed by atoms with E-state index in [0.717, 1.165) is 0 Å². The molecule has 1 aliphatic heterocycles. The number of amides is 2. The van der Waals surface area contributed by atoms with Crippen molar-refractivity contribution in [3.63, 3.8) is 0 Å². The Labute approximate surface area is 105 Å². The van der Waals surface area contributed by atoms with Gasteiger partial charge in [0, 0.05) is 24.2 Å². The number of likely N-dealkylation sites (tertiary alicyclic amines) is 1. The maximum Gasteiger partial charge on any atom is 0.331 e. The second-order valence-electron chi connectivity index (χ2n) is 4.96. The lowest BCUT2D eigenvalue weighted by atomic mass is 9.89. The van der Waals surface area contributed by atoms with Crippen LogP contribution in [-0.2, 0) is 14.4 Å². The molecule has 0 spiro atoms. The van der Waals surface area contributed by atoms with Crippen LogP contribution in [0.3, 0.4) is 0 Å². The van der Waals surface area contributed by atoms with Crippen molar-refractivity contribution in [3.05, 3.63) is 11.1 Å². The summed E-state index contributed by atoms with van der Waals surface area (Å²) in [7, 11) is 0. The number of aliphatic carboxylic acids is 1. The van der Waals surface area contributed by atoms with Gasteiger partial charge in [0.25, 0.3) is 0 Å². The van der Waals surface area contributed by atoms with E-state index in [1.807, 2.05) is 0 Å². The molecule has 1 unspecified atom stereocenters. The third kappa shape index (κ3) is 2.52. The lowest BCUT2D eigenvalue weighted by molar-refractivity contribution is -0.134. The van der Waals surface area contributed by atoms with E-state index in [1.165, 1.54) is 18.7 Å². The van der Waals surface area contributed by atoms with E-state index < -0.39 is 17.3 Å². The number of carbonyl (C=O) groups is 3. The molecule has 18 heavy (non-hydrogen) atoms. The van der Waals surface area contributed by atoms with Crippen LogP contribution < -0.4 is 5.73 Å². The van der Waals surface area contributed by atoms with Gasteiger partial charge in [-0.25, -0.2) is 4.79 Å². The van der Waals surface area contributed by atoms with Crippen LogP contribution in [0.4, 0.5) is 0 Å². The summed E-state index contributed by atoms with van der Waals surface area (Å²) in [6, 6.07) is 0. The second-order valence-corrected chi connectivity index (χ2v) is 4.96. The molecule has 1 rings (SSSR count). The Morgan fingerprint density at radius 3 is 2.17 bits per heavy atom. The van der Waals surface area contributed by atoms with Gasteiger partial charge in [0.2, 0.25) is 11.8 Å². The van der Waals surface area contributed by atoms with Gasteiger partial charge in [0.1, 0.15) is 0 Å². The van der Waals surface area contributed by atoms with Crippen LogP contribution in [0.5, 0.6) is 0 Å². The molecule has 2 amide bonds. The van der Waals surface area contributed by atoms with Crippen molar-refractivity contribution in [2.45, 2.75) is 27.2 Å². The summed E-state index contributed by atoms with van der Waals surface area (Å²) in [5, 5.41) is 8.83. The maximum absolute atomic E-state index is 12.1. The second kappa shape index (κ2) is 4.80. The number of carboxylic acid groups (broad SMARTS) is 1. The molecular formula is C12H18N2O4. The number of nitrogens with zero attached hydrogens (tertiary/aromatic N) is 1. The van der Waals surface area contributed by atoms with Crippen LogP contribution in [-0.4, -0.2) is 40.9 Å². The molecule has 0 aromatic rings. The molecule has 0 aromatic carbocycles. The first kappa shape index (κ1) is 14.2. The molecule has 100 valence electrons. The highest BCUT2D eigenvalue weighted by Crippen LogP contribution is 2.30. The van der Waals surface area contributed by atoms with E-state index in [-0.39, 0.29) is 23.6 Å². The molecule has 1 heterocycles. The van der Waals surface area contributed by atoms with E-state index in [0.29, 0.717) is 13.0 Å². The Kier molecular flexibility index (Phi) is 3.79. The summed E-state index contributed by atoms with van der Waals surface area (Å²) >= 11 is 0. The highest BCUT2D eigenvalue weighted by Gasteiger charge is 2.41. The fraction of sp³-hybridized carbons (Fsp3) is 0.583. The summed E-state index contributed by atoms with van der Waals surface area (Å²) < 4.78 is 0. The van der Waals surface area contributed by atoms with Gasteiger partial charge in [-0.15, -0.1) is 0 Å². The minimum absolute atomic E-state index is 0.0210. The van der Waals surface area contributed by atoms with E-state index in [4.69, 9.17) is 10.8 Å². The van der Waals surface area contributed by atoms with Gasteiger partial charge in [-0.3, -0.25) is 9.59 Å². The molecule has 6 nitrogen and oxygen atoms in total. The van der Waals surface area contributed by atoms with Gasteiger partial charge >= 0.3 is 5.97 Å². The van der Waals surface area contributed by atoms with Crippen molar-refractivity contribution < 1.29 is 19.5 Å². The van der Waals surface area contributed by atoms with Crippen molar-refractivity contribution in [3.8, 4) is 0 Å². The normalized spacial score (nSPS) is 24.7. The Morgan fingerprint density at radius 1 is 1.22 bits per heavy atom. The quantitative estimate of drug-likeness (QED) is 0.699. The van der Waals surface area contributed by atoms with Gasteiger partial charge in [0.05, 0.1) is 5.41 Å². The van der Waals surface area contributed by atoms with Gasteiger partial charge in [-0.1, -0.05) is 0 Å². The zero-order valence-electron chi connectivity index (χ0n) is 10.8. The molecular weight excluding hydrogens is 236 g/mol. The Bertz CT molecular complexity index is 441. The lowest BCUT2D eigenvalue weighted by Crippen LogP contribution is -2.39. The topological polar surface area (TPSA) is 101 Å². The van der Waals surface area contributed by atoms with Gasteiger partial charge in [-0.05, 0) is 27.2 Å². The minimum atomic E-state index is -1.11. The van der Waals surface area contributed by atoms with Crippen LogP contribution in [0, 0.1) is 5.41 Å². The lowest BCUT2D eigenvalue weighted by Gasteiger charge is -2.21. The van der Waals surface area contributed by atoms with E-state index >= 15 is 0 Å². The van der Waals surface area contributed by atoms with Crippen molar-refractivity contribution in [2.75, 3.05) is 13.1 Å². The number of carbonyl (C=O) groups excluding carboxylic acids is 2. The third-order valence-corrected chi connectivity index (χ3v) is 3.56. The molecule has 0 radical (unpaired) electrons. The van der Waals surface area contributed by atoms with Gasteiger partial charge < -0.3 is 15.7 Å². The largest absolute Gasteiger partial charge is 0.478 e. The number of carboxylic acids is 1. The fourth-order valence-electron chi connectivity index (χ4n) is 1.89. The van der Waals surface area contributed by atoms with Crippen molar-refractivity contribution in [1.82, 2.24) is 4.90 Å². The van der Waals surface area contributed by atoms with Crippen LogP contribution in [0.15, 0.2) is 11.1 Å². The molecule has 0 saturated carbocycles. The average Bonchev–Trinajstić information content (AvgIpc) is 2.70. The molecule has 0 aliphatic carbocycles. The SMILES string of the molecule is CC(C(=O)O)=C(C)C(=O)N1CCC(C)(C(N)=O)C1. The van der Waals surface area contributed by atoms with Crippen LogP contribution >= 0.6 is 0 Å². The van der Waals surface area contributed by atoms with Crippen molar-refractivity contribution >= 4 is 17.8 Å². The fourth-order valence-corrected chi connectivity index (χ4v) is 1.89. The van der Waals surface area contributed by atoms with E-state index in [9.17, 15) is 14.4 Å². The zero-order valence-corrected chi connectivity index (χ0v) is 10.8. The Morgan fingerprint density at radius 2 is 1.78 bits per heavy atom. The smallest absolute Gasteiger partial charge is 0.331 e. The Hall–Kier alpha value is -1.85. The molecule has 1 saturated heterocycles. The third-order valence-electron chi connectivity index (χ3n) is 3.56. The minimum Gasteiger partial charge on any atom is -0.478 e. The predicted octanol–water partition coefficient (Wildman–Crippen LogP) is 0.131. The first-order chi connectivity index (χ1) is 8.19. The number of hydrogen-bond donors (Lipinski definition) is 2. The number of nitrogens with two attached hydrogens (primary N) is 1. The molecule has 0 bridgehead atoms. The highest BCUT2D eigenvalue weighted by molar-refractivity contribution is 6.01. The van der Waals surface area contributed by atoms with Crippen molar-refractivity contribution in [2.24, 2.45) is 11.1 Å². The van der Waals surface area contributed by atoms with Gasteiger partial charge in [0.15, 0.2) is 0 Å². The zero-order chi connectivity index (χ0) is 14.1. The van der Waals surface area contributed by atoms with Crippen LogP contribution in [0.2, 0.25) is 0 Å². The monoisotopic (exact) mass is 254 g/mol. The standard InChI is InChI=1S/C12H18N2O4/c1-7(8(2)10(16)17)9(15)14-5-4-12(3,6-14)11(13)18/h4-6H2,1-3H3,(H2,13,18)(H,16,17). The summed E-state index contributed by atoms with van der Waals surface area (Å²) in [4.78, 5) is 35.6. The first-order valence-corrected chi connectivity index (χ1v) is 5.69. The molecule has 1 atom stereocenters. The number of rotatable bonds is 3. The predicted molar refractivity (Wildman–Crippen MR) is 64.5 cm³/mol. The van der Waals surface area contributed by atoms with E-state index in [1.54, 1.807) is 6.92 Å². The summed E-state index contributed by atoms with van der Waals surface area (Å²) in [5.41, 5.74) is 4.79. The van der Waals surface area contributed by atoms with E-state index in [2.05, 4.69) is 0 Å². The molecule has 6 heteroatoms. The summed E-state index contributed by atoms with van der Waals surface area (Å²) in [5.74, 6) is -1.90. The first-order valence-electron chi connectivity index (χ1n) is 5.69. The molecule has 3 N–H and O–H groups in total. The number of primary amides is 1. The molecule has 0 aromatic heterocycles. The maximum atomic E-state index is 12.1. The van der Waals surface area contributed by atoms with Crippen LogP contribution in [0.25, 0.3) is 0 Å². The molecule has 1 fully saturated rings. The van der Waals surface area contributed by atoms with Crippen LogP contribution in [0.1, 0.15) is 27.2 Å². The molecule has 1 aliphatic rings.